The van der Waals surface area contributed by atoms with Gasteiger partial charge in [0.15, 0.2) is 6.61 Å². The number of primary amides is 1. The van der Waals surface area contributed by atoms with Gasteiger partial charge in [-0.15, -0.1) is 0 Å². The summed E-state index contributed by atoms with van der Waals surface area (Å²) in [5.74, 6) is 0.573. The van der Waals surface area contributed by atoms with E-state index in [-0.39, 0.29) is 11.5 Å². The van der Waals surface area contributed by atoms with Crippen LogP contribution in [0, 0.1) is 6.92 Å². The first-order valence-corrected chi connectivity index (χ1v) is 11.6. The monoisotopic (exact) mass is 420 g/mol. The van der Waals surface area contributed by atoms with Crippen LogP contribution in [-0.2, 0) is 14.8 Å². The van der Waals surface area contributed by atoms with E-state index in [1.807, 2.05) is 23.9 Å². The van der Waals surface area contributed by atoms with Gasteiger partial charge in [-0.05, 0) is 48.7 Å². The number of benzene rings is 2. The zero-order valence-electron chi connectivity index (χ0n) is 15.7. The summed E-state index contributed by atoms with van der Waals surface area (Å²) in [6, 6.07) is 14.4. The Hall–Kier alpha value is -2.03. The Bertz CT molecular complexity index is 929. The van der Waals surface area contributed by atoms with E-state index in [1.165, 1.54) is 23.3 Å². The number of amides is 1. The number of carbonyl (C=O) groups is 1. The molecule has 2 N–H and O–H groups in total. The van der Waals surface area contributed by atoms with Crippen LogP contribution in [0.15, 0.2) is 53.4 Å². The van der Waals surface area contributed by atoms with Crippen LogP contribution >= 0.6 is 11.8 Å². The van der Waals surface area contributed by atoms with Gasteiger partial charge in [-0.25, -0.2) is 8.42 Å². The lowest BCUT2D eigenvalue weighted by Crippen LogP contribution is -2.33. The highest BCUT2D eigenvalue weighted by molar-refractivity contribution is 7.99. The molecule has 0 spiro atoms. The third-order valence-electron chi connectivity index (χ3n) is 4.68. The smallest absolute Gasteiger partial charge is 0.255 e. The van der Waals surface area contributed by atoms with Crippen molar-refractivity contribution in [3.63, 3.8) is 0 Å². The topological polar surface area (TPSA) is 89.7 Å². The summed E-state index contributed by atoms with van der Waals surface area (Å²) >= 11 is 1.81. The number of hydrogen-bond acceptors (Lipinski definition) is 5. The number of ether oxygens (including phenoxy) is 1. The molecule has 1 atom stereocenters. The first-order valence-electron chi connectivity index (χ1n) is 9.06. The molecular weight excluding hydrogens is 396 g/mol. The second-order valence-corrected chi connectivity index (χ2v) is 9.88. The Kier molecular flexibility index (Phi) is 6.64. The van der Waals surface area contributed by atoms with Crippen molar-refractivity contribution in [2.75, 3.05) is 25.4 Å². The normalized spacial score (nSPS) is 18.4. The van der Waals surface area contributed by atoms with Gasteiger partial charge in [-0.1, -0.05) is 24.3 Å². The summed E-state index contributed by atoms with van der Waals surface area (Å²) in [7, 11) is -3.58. The van der Waals surface area contributed by atoms with Crippen LogP contribution < -0.4 is 10.5 Å². The molecule has 2 aromatic rings. The van der Waals surface area contributed by atoms with Crippen molar-refractivity contribution >= 4 is 27.7 Å². The van der Waals surface area contributed by atoms with Gasteiger partial charge in [0.05, 0.1) is 4.90 Å². The number of hydrogen-bond donors (Lipinski definition) is 1. The second kappa shape index (κ2) is 8.98. The van der Waals surface area contributed by atoms with E-state index in [2.05, 4.69) is 19.1 Å². The Labute approximate surface area is 170 Å². The largest absolute Gasteiger partial charge is 0.484 e. The van der Waals surface area contributed by atoms with E-state index >= 15 is 0 Å². The van der Waals surface area contributed by atoms with E-state index in [0.717, 1.165) is 12.2 Å². The molecule has 0 radical (unpaired) electrons. The van der Waals surface area contributed by atoms with Gasteiger partial charge in [0.25, 0.3) is 5.91 Å². The Morgan fingerprint density at radius 3 is 2.57 bits per heavy atom. The molecule has 150 valence electrons. The number of aryl methyl sites for hydroxylation is 1. The maximum absolute atomic E-state index is 13.0. The lowest BCUT2D eigenvalue weighted by atomic mass is 10.0. The van der Waals surface area contributed by atoms with Crippen molar-refractivity contribution in [1.82, 2.24) is 4.31 Å². The van der Waals surface area contributed by atoms with Crippen LogP contribution in [0.1, 0.15) is 22.8 Å². The van der Waals surface area contributed by atoms with Crippen LogP contribution in [0.25, 0.3) is 0 Å². The lowest BCUT2D eigenvalue weighted by molar-refractivity contribution is -0.119. The fourth-order valence-corrected chi connectivity index (χ4v) is 6.10. The van der Waals surface area contributed by atoms with Crippen molar-refractivity contribution in [3.05, 3.63) is 59.7 Å². The minimum atomic E-state index is -3.58. The van der Waals surface area contributed by atoms with E-state index in [4.69, 9.17) is 10.5 Å². The molecule has 0 unspecified atom stereocenters. The van der Waals surface area contributed by atoms with Crippen LogP contribution in [-0.4, -0.2) is 44.1 Å². The fraction of sp³-hybridized carbons (Fsp3) is 0.350. The maximum atomic E-state index is 13.0. The van der Waals surface area contributed by atoms with Gasteiger partial charge < -0.3 is 10.5 Å². The Balaban J connectivity index is 1.70. The number of sulfonamides is 1. The second-order valence-electron chi connectivity index (χ2n) is 6.64. The molecule has 1 fully saturated rings. The van der Waals surface area contributed by atoms with Crippen LogP contribution in [0.2, 0.25) is 0 Å². The van der Waals surface area contributed by atoms with Gasteiger partial charge >= 0.3 is 0 Å². The van der Waals surface area contributed by atoms with Crippen LogP contribution in [0.3, 0.4) is 0 Å². The molecule has 2 aromatic carbocycles. The van der Waals surface area contributed by atoms with Crippen molar-refractivity contribution < 1.29 is 17.9 Å². The highest BCUT2D eigenvalue weighted by Crippen LogP contribution is 2.37. The Morgan fingerprint density at radius 2 is 1.89 bits per heavy atom. The number of rotatable bonds is 6. The number of nitrogens with two attached hydrogens (primary N) is 1. The van der Waals surface area contributed by atoms with Gasteiger partial charge in [-0.3, -0.25) is 4.79 Å². The molecule has 1 amide bonds. The molecule has 3 rings (SSSR count). The van der Waals surface area contributed by atoms with Crippen molar-refractivity contribution in [2.24, 2.45) is 5.73 Å². The molecule has 28 heavy (non-hydrogen) atoms. The molecule has 1 aliphatic heterocycles. The first kappa shape index (κ1) is 20.7. The summed E-state index contributed by atoms with van der Waals surface area (Å²) in [4.78, 5) is 11.0. The molecule has 0 aliphatic carbocycles. The highest BCUT2D eigenvalue weighted by Gasteiger charge is 2.28. The van der Waals surface area contributed by atoms with Crippen molar-refractivity contribution in [1.29, 1.82) is 0 Å². The predicted octanol–water partition coefficient (Wildman–Crippen LogP) is 2.73. The SMILES string of the molecule is Cc1ccccc1[C@H]1CCN(S(=O)(=O)c2ccc(OCC(N)=O)cc2)CCS1. The third-order valence-corrected chi connectivity index (χ3v) is 7.90. The molecule has 1 saturated heterocycles. The summed E-state index contributed by atoms with van der Waals surface area (Å²) in [6.07, 6.45) is 0.772. The molecule has 0 saturated carbocycles. The number of nitrogens with zero attached hydrogens (tertiary/aromatic N) is 1. The fourth-order valence-electron chi connectivity index (χ4n) is 3.20. The van der Waals surface area contributed by atoms with Crippen LogP contribution in [0.5, 0.6) is 5.75 Å². The summed E-state index contributed by atoms with van der Waals surface area (Å²) in [5, 5.41) is 0.297. The zero-order valence-corrected chi connectivity index (χ0v) is 17.3. The average molecular weight is 421 g/mol. The van der Waals surface area contributed by atoms with Crippen LogP contribution in [0.4, 0.5) is 0 Å². The Morgan fingerprint density at radius 1 is 1.18 bits per heavy atom. The molecule has 6 nitrogen and oxygen atoms in total. The van der Waals surface area contributed by atoms with Gasteiger partial charge in [0, 0.05) is 24.1 Å². The molecule has 1 heterocycles. The minimum absolute atomic E-state index is 0.221. The van der Waals surface area contributed by atoms with E-state index < -0.39 is 15.9 Å². The third kappa shape index (κ3) is 4.87. The number of thioether (sulfide) groups is 1. The zero-order chi connectivity index (χ0) is 20.1. The van der Waals surface area contributed by atoms with Crippen molar-refractivity contribution in [3.8, 4) is 5.75 Å². The van der Waals surface area contributed by atoms with Crippen molar-refractivity contribution in [2.45, 2.75) is 23.5 Å². The molecule has 0 bridgehead atoms. The van der Waals surface area contributed by atoms with E-state index in [1.54, 1.807) is 16.4 Å². The average Bonchev–Trinajstić information content (AvgIpc) is 2.94. The number of carbonyl (C=O) groups excluding carboxylic acids is 1. The van der Waals surface area contributed by atoms with E-state index in [0.29, 0.717) is 24.1 Å². The molecule has 8 heteroatoms. The van der Waals surface area contributed by atoms with Gasteiger partial charge in [0.2, 0.25) is 10.0 Å². The van der Waals surface area contributed by atoms with Gasteiger partial charge in [0.1, 0.15) is 5.75 Å². The predicted molar refractivity (Wildman–Crippen MR) is 111 cm³/mol. The first-order chi connectivity index (χ1) is 13.4. The quantitative estimate of drug-likeness (QED) is 0.776. The molecular formula is C20H24N2O4S2. The summed E-state index contributed by atoms with van der Waals surface area (Å²) in [6.45, 7) is 2.82. The summed E-state index contributed by atoms with van der Waals surface area (Å²) < 4.78 is 32.8. The van der Waals surface area contributed by atoms with E-state index in [9.17, 15) is 13.2 Å². The molecule has 1 aliphatic rings. The minimum Gasteiger partial charge on any atom is -0.484 e. The highest BCUT2D eigenvalue weighted by atomic mass is 32.2. The standard InChI is InChI=1S/C20H24N2O4S2/c1-15-4-2-3-5-18(15)19-10-11-22(12-13-27-19)28(24,25)17-8-6-16(7-9-17)26-14-20(21)23/h2-9,19H,10-14H2,1H3,(H2,21,23)/t19-/m1/s1. The summed E-state index contributed by atoms with van der Waals surface area (Å²) in [5.41, 5.74) is 7.56. The molecule has 0 aromatic heterocycles. The van der Waals surface area contributed by atoms with Gasteiger partial charge in [-0.2, -0.15) is 16.1 Å². The maximum Gasteiger partial charge on any atom is 0.255 e. The lowest BCUT2D eigenvalue weighted by Gasteiger charge is -2.20.